The summed E-state index contributed by atoms with van der Waals surface area (Å²) in [6.45, 7) is 5.26. The van der Waals surface area contributed by atoms with Gasteiger partial charge in [-0.25, -0.2) is 5.43 Å². The Morgan fingerprint density at radius 1 is 0.926 bits per heavy atom. The van der Waals surface area contributed by atoms with E-state index in [1.54, 1.807) is 18.3 Å². The monoisotopic (exact) mass is 370 g/mol. The van der Waals surface area contributed by atoms with E-state index < -0.39 is 0 Å². The maximum absolute atomic E-state index is 11.8. The van der Waals surface area contributed by atoms with E-state index in [4.69, 9.17) is 14.2 Å². The molecule has 2 rings (SSSR count). The SMILES string of the molecule is CCCCOc1ccc(OCC(=O)N/N=C\c2ccc(OCC)cc2)cc1. The second-order valence-electron chi connectivity index (χ2n) is 5.76. The molecule has 0 saturated heterocycles. The Kier molecular flexibility index (Phi) is 8.69. The molecule has 0 spiro atoms. The van der Waals surface area contributed by atoms with Crippen molar-refractivity contribution in [3.05, 3.63) is 54.1 Å². The molecule has 0 saturated carbocycles. The first-order chi connectivity index (χ1) is 13.2. The number of unbranched alkanes of at least 4 members (excludes halogenated alkanes) is 1. The third-order valence-corrected chi connectivity index (χ3v) is 3.55. The highest BCUT2D eigenvalue weighted by Crippen LogP contribution is 2.17. The zero-order valence-corrected chi connectivity index (χ0v) is 15.8. The van der Waals surface area contributed by atoms with Crippen LogP contribution >= 0.6 is 0 Å². The molecule has 2 aromatic carbocycles. The number of carbonyl (C=O) groups excluding carboxylic acids is 1. The summed E-state index contributed by atoms with van der Waals surface area (Å²) in [6.07, 6.45) is 3.68. The molecule has 144 valence electrons. The van der Waals surface area contributed by atoms with Gasteiger partial charge in [0.2, 0.25) is 0 Å². The Hall–Kier alpha value is -3.02. The first-order valence-corrected chi connectivity index (χ1v) is 9.11. The van der Waals surface area contributed by atoms with Crippen LogP contribution in [-0.4, -0.2) is 31.9 Å². The van der Waals surface area contributed by atoms with Crippen LogP contribution < -0.4 is 19.6 Å². The average Bonchev–Trinajstić information content (AvgIpc) is 2.69. The fourth-order valence-corrected chi connectivity index (χ4v) is 2.14. The third kappa shape index (κ3) is 7.81. The van der Waals surface area contributed by atoms with Gasteiger partial charge >= 0.3 is 0 Å². The van der Waals surface area contributed by atoms with Crippen LogP contribution in [0.3, 0.4) is 0 Å². The third-order valence-electron chi connectivity index (χ3n) is 3.55. The number of hydrogen-bond donors (Lipinski definition) is 1. The second kappa shape index (κ2) is 11.6. The first-order valence-electron chi connectivity index (χ1n) is 9.11. The number of ether oxygens (including phenoxy) is 3. The number of nitrogens with zero attached hydrogens (tertiary/aromatic N) is 1. The van der Waals surface area contributed by atoms with Gasteiger partial charge in [-0.05, 0) is 67.4 Å². The molecule has 0 atom stereocenters. The van der Waals surface area contributed by atoms with E-state index in [0.29, 0.717) is 19.0 Å². The van der Waals surface area contributed by atoms with Crippen molar-refractivity contribution in [2.75, 3.05) is 19.8 Å². The largest absolute Gasteiger partial charge is 0.494 e. The summed E-state index contributed by atoms with van der Waals surface area (Å²) in [4.78, 5) is 11.8. The normalized spacial score (nSPS) is 10.6. The quantitative estimate of drug-likeness (QED) is 0.371. The molecule has 2 aromatic rings. The molecular weight excluding hydrogens is 344 g/mol. The molecule has 0 unspecified atom stereocenters. The van der Waals surface area contributed by atoms with Crippen molar-refractivity contribution in [3.8, 4) is 17.2 Å². The summed E-state index contributed by atoms with van der Waals surface area (Å²) in [6, 6.07) is 14.6. The summed E-state index contributed by atoms with van der Waals surface area (Å²) < 4.78 is 16.4. The fourth-order valence-electron chi connectivity index (χ4n) is 2.14. The number of benzene rings is 2. The number of nitrogens with one attached hydrogen (secondary N) is 1. The first kappa shape index (κ1) is 20.3. The average molecular weight is 370 g/mol. The molecule has 0 aromatic heterocycles. The maximum atomic E-state index is 11.8. The number of carbonyl (C=O) groups is 1. The fraction of sp³-hybridized carbons (Fsp3) is 0.333. The molecule has 1 amide bonds. The van der Waals surface area contributed by atoms with Gasteiger partial charge in [0.1, 0.15) is 17.2 Å². The van der Waals surface area contributed by atoms with Gasteiger partial charge in [0.05, 0.1) is 19.4 Å². The second-order valence-corrected chi connectivity index (χ2v) is 5.76. The smallest absolute Gasteiger partial charge is 0.277 e. The predicted octanol–water partition coefficient (Wildman–Crippen LogP) is 3.79. The van der Waals surface area contributed by atoms with E-state index >= 15 is 0 Å². The molecule has 0 fully saturated rings. The topological polar surface area (TPSA) is 69.2 Å². The molecule has 0 bridgehead atoms. The standard InChI is InChI=1S/C21H26N2O4/c1-3-5-14-26-19-10-12-20(13-11-19)27-16-21(24)23-22-15-17-6-8-18(9-7-17)25-4-2/h6-13,15H,3-5,14,16H2,1-2H3,(H,23,24)/b22-15-. The molecule has 0 radical (unpaired) electrons. The molecule has 0 aliphatic heterocycles. The van der Waals surface area contributed by atoms with Gasteiger partial charge in [0.25, 0.3) is 5.91 Å². The minimum Gasteiger partial charge on any atom is -0.494 e. The van der Waals surface area contributed by atoms with E-state index in [-0.39, 0.29) is 12.5 Å². The van der Waals surface area contributed by atoms with Crippen molar-refractivity contribution < 1.29 is 19.0 Å². The Labute approximate surface area is 160 Å². The van der Waals surface area contributed by atoms with Gasteiger partial charge in [0, 0.05) is 0 Å². The van der Waals surface area contributed by atoms with Gasteiger partial charge in [-0.3, -0.25) is 4.79 Å². The lowest BCUT2D eigenvalue weighted by atomic mass is 10.2. The molecule has 0 heterocycles. The van der Waals surface area contributed by atoms with E-state index in [1.165, 1.54) is 0 Å². The van der Waals surface area contributed by atoms with Gasteiger partial charge < -0.3 is 14.2 Å². The highest BCUT2D eigenvalue weighted by atomic mass is 16.5. The van der Waals surface area contributed by atoms with Crippen molar-refractivity contribution in [2.45, 2.75) is 26.7 Å². The van der Waals surface area contributed by atoms with E-state index in [0.717, 1.165) is 29.9 Å². The van der Waals surface area contributed by atoms with E-state index in [1.807, 2.05) is 43.3 Å². The number of hydrazone groups is 1. The lowest BCUT2D eigenvalue weighted by Gasteiger charge is -2.08. The molecule has 1 N–H and O–H groups in total. The zero-order chi connectivity index (χ0) is 19.3. The molecule has 0 aliphatic rings. The van der Waals surface area contributed by atoms with Crippen LogP contribution in [0, 0.1) is 0 Å². The summed E-state index contributed by atoms with van der Waals surface area (Å²) in [5, 5.41) is 3.92. The minimum atomic E-state index is -0.333. The molecule has 6 nitrogen and oxygen atoms in total. The summed E-state index contributed by atoms with van der Waals surface area (Å²) in [7, 11) is 0. The van der Waals surface area contributed by atoms with Gasteiger partial charge in [-0.2, -0.15) is 5.10 Å². The van der Waals surface area contributed by atoms with Crippen LogP contribution in [0.4, 0.5) is 0 Å². The number of hydrogen-bond acceptors (Lipinski definition) is 5. The van der Waals surface area contributed by atoms with Crippen molar-refractivity contribution >= 4 is 12.1 Å². The lowest BCUT2D eigenvalue weighted by Crippen LogP contribution is -2.24. The summed E-state index contributed by atoms with van der Waals surface area (Å²) in [5.41, 5.74) is 3.30. The van der Waals surface area contributed by atoms with Crippen LogP contribution in [0.5, 0.6) is 17.2 Å². The van der Waals surface area contributed by atoms with Crippen LogP contribution in [0.2, 0.25) is 0 Å². The molecular formula is C21H26N2O4. The van der Waals surface area contributed by atoms with Crippen LogP contribution in [0.25, 0.3) is 0 Å². The molecule has 0 aliphatic carbocycles. The Balaban J connectivity index is 1.70. The minimum absolute atomic E-state index is 0.114. The van der Waals surface area contributed by atoms with Crippen molar-refractivity contribution in [2.24, 2.45) is 5.10 Å². The zero-order valence-electron chi connectivity index (χ0n) is 15.8. The maximum Gasteiger partial charge on any atom is 0.277 e. The lowest BCUT2D eigenvalue weighted by molar-refractivity contribution is -0.123. The highest BCUT2D eigenvalue weighted by Gasteiger charge is 2.02. The number of rotatable bonds is 11. The van der Waals surface area contributed by atoms with Crippen molar-refractivity contribution in [3.63, 3.8) is 0 Å². The molecule has 6 heteroatoms. The Morgan fingerprint density at radius 2 is 1.52 bits per heavy atom. The summed E-state index contributed by atoms with van der Waals surface area (Å²) >= 11 is 0. The van der Waals surface area contributed by atoms with Gasteiger partial charge in [-0.1, -0.05) is 13.3 Å². The van der Waals surface area contributed by atoms with Crippen molar-refractivity contribution in [1.82, 2.24) is 5.43 Å². The Bertz CT molecular complexity index is 712. The van der Waals surface area contributed by atoms with Gasteiger partial charge in [-0.15, -0.1) is 0 Å². The van der Waals surface area contributed by atoms with E-state index in [2.05, 4.69) is 17.5 Å². The highest BCUT2D eigenvalue weighted by molar-refractivity contribution is 5.83. The predicted molar refractivity (Wildman–Crippen MR) is 106 cm³/mol. The number of amides is 1. The van der Waals surface area contributed by atoms with E-state index in [9.17, 15) is 4.79 Å². The molecule has 27 heavy (non-hydrogen) atoms. The van der Waals surface area contributed by atoms with Crippen LogP contribution in [0.1, 0.15) is 32.3 Å². The Morgan fingerprint density at radius 3 is 2.15 bits per heavy atom. The van der Waals surface area contributed by atoms with Crippen LogP contribution in [0.15, 0.2) is 53.6 Å². The van der Waals surface area contributed by atoms with Gasteiger partial charge in [0.15, 0.2) is 6.61 Å². The summed E-state index contributed by atoms with van der Waals surface area (Å²) in [5.74, 6) is 1.86. The van der Waals surface area contributed by atoms with Crippen LogP contribution in [-0.2, 0) is 4.79 Å². The van der Waals surface area contributed by atoms with Crippen molar-refractivity contribution in [1.29, 1.82) is 0 Å².